The van der Waals surface area contributed by atoms with Gasteiger partial charge in [0.2, 0.25) is 0 Å². The van der Waals surface area contributed by atoms with Gasteiger partial charge >= 0.3 is 0 Å². The zero-order chi connectivity index (χ0) is 9.52. The first-order chi connectivity index (χ1) is 6.33. The fraction of sp³-hybridized carbons (Fsp3) is 0.300. The third kappa shape index (κ3) is 4.01. The molecular weight excluding hydrogens is 180 g/mol. The highest BCUT2D eigenvalue weighted by atomic mass is 32.1. The highest BCUT2D eigenvalue weighted by Gasteiger charge is 1.95. The summed E-state index contributed by atoms with van der Waals surface area (Å²) in [4.78, 5) is 0.858. The van der Waals surface area contributed by atoms with E-state index < -0.39 is 0 Å². The number of nitrogens with one attached hydrogen (secondary N) is 1. The zero-order valence-electron chi connectivity index (χ0n) is 7.49. The molecule has 0 saturated heterocycles. The second-order valence-electron chi connectivity index (χ2n) is 2.81. The van der Waals surface area contributed by atoms with Gasteiger partial charge in [-0.2, -0.15) is 0 Å². The van der Waals surface area contributed by atoms with Crippen LogP contribution in [0, 0.1) is 0 Å². The van der Waals surface area contributed by atoms with Crippen molar-refractivity contribution in [3.8, 4) is 0 Å². The van der Waals surface area contributed by atoms with Crippen LogP contribution in [0.1, 0.15) is 12.8 Å². The number of nitrogens with two attached hydrogens (primary N) is 1. The van der Waals surface area contributed by atoms with Crippen LogP contribution in [0.15, 0.2) is 30.3 Å². The van der Waals surface area contributed by atoms with E-state index in [2.05, 4.69) is 5.32 Å². The van der Waals surface area contributed by atoms with E-state index in [1.807, 2.05) is 30.3 Å². The SMILES string of the molecule is NCCCC(=S)Nc1ccccc1. The van der Waals surface area contributed by atoms with Crippen LogP contribution < -0.4 is 11.1 Å². The van der Waals surface area contributed by atoms with Crippen LogP contribution in [-0.4, -0.2) is 11.5 Å². The summed E-state index contributed by atoms with van der Waals surface area (Å²) in [6.07, 6.45) is 1.80. The Labute approximate surface area is 84.1 Å². The maximum absolute atomic E-state index is 5.38. The molecule has 3 heteroatoms. The molecule has 0 heterocycles. The average molecular weight is 194 g/mol. The van der Waals surface area contributed by atoms with Crippen LogP contribution in [0.3, 0.4) is 0 Å². The first-order valence-corrected chi connectivity index (χ1v) is 4.78. The third-order valence-corrected chi connectivity index (χ3v) is 1.97. The van der Waals surface area contributed by atoms with Crippen molar-refractivity contribution in [3.63, 3.8) is 0 Å². The smallest absolute Gasteiger partial charge is 0.0797 e. The summed E-state index contributed by atoms with van der Waals surface area (Å²) < 4.78 is 0. The first-order valence-electron chi connectivity index (χ1n) is 4.38. The molecule has 13 heavy (non-hydrogen) atoms. The van der Waals surface area contributed by atoms with Gasteiger partial charge in [-0.05, 0) is 31.5 Å². The van der Waals surface area contributed by atoms with Crippen molar-refractivity contribution in [2.75, 3.05) is 11.9 Å². The Hall–Kier alpha value is -0.930. The van der Waals surface area contributed by atoms with Gasteiger partial charge in [-0.15, -0.1) is 0 Å². The van der Waals surface area contributed by atoms with Crippen LogP contribution in [0.25, 0.3) is 0 Å². The molecule has 3 N–H and O–H groups in total. The molecule has 1 aromatic rings. The highest BCUT2D eigenvalue weighted by Crippen LogP contribution is 2.06. The summed E-state index contributed by atoms with van der Waals surface area (Å²) in [5, 5.41) is 3.15. The fourth-order valence-corrected chi connectivity index (χ4v) is 1.27. The van der Waals surface area contributed by atoms with E-state index in [0.717, 1.165) is 23.5 Å². The van der Waals surface area contributed by atoms with Crippen molar-refractivity contribution in [1.29, 1.82) is 0 Å². The van der Waals surface area contributed by atoms with Crippen LogP contribution in [0.4, 0.5) is 5.69 Å². The van der Waals surface area contributed by atoms with Gasteiger partial charge in [0.1, 0.15) is 0 Å². The summed E-state index contributed by atoms with van der Waals surface area (Å²) in [7, 11) is 0. The first kappa shape index (κ1) is 10.2. The lowest BCUT2D eigenvalue weighted by atomic mass is 10.3. The predicted octanol–water partition coefficient (Wildman–Crippen LogP) is 2.16. The van der Waals surface area contributed by atoms with E-state index in [1.165, 1.54) is 0 Å². The van der Waals surface area contributed by atoms with Gasteiger partial charge < -0.3 is 11.1 Å². The molecule has 0 aromatic heterocycles. The minimum atomic E-state index is 0.691. The number of hydrogen-bond acceptors (Lipinski definition) is 2. The van der Waals surface area contributed by atoms with Crippen molar-refractivity contribution < 1.29 is 0 Å². The lowest BCUT2D eigenvalue weighted by molar-refractivity contribution is 0.882. The van der Waals surface area contributed by atoms with Gasteiger partial charge in [-0.25, -0.2) is 0 Å². The Kier molecular flexibility index (Phi) is 4.43. The minimum Gasteiger partial charge on any atom is -0.350 e. The zero-order valence-corrected chi connectivity index (χ0v) is 8.31. The van der Waals surface area contributed by atoms with Gasteiger partial charge in [-0.3, -0.25) is 0 Å². The van der Waals surface area contributed by atoms with Crippen molar-refractivity contribution in [2.45, 2.75) is 12.8 Å². The molecule has 70 valence electrons. The van der Waals surface area contributed by atoms with Crippen molar-refractivity contribution in [3.05, 3.63) is 30.3 Å². The molecule has 0 atom stereocenters. The second kappa shape index (κ2) is 5.67. The molecule has 0 bridgehead atoms. The molecule has 0 unspecified atom stereocenters. The van der Waals surface area contributed by atoms with Crippen LogP contribution in [0.5, 0.6) is 0 Å². The molecule has 0 aliphatic rings. The van der Waals surface area contributed by atoms with Crippen LogP contribution in [-0.2, 0) is 0 Å². The van der Waals surface area contributed by atoms with Gasteiger partial charge in [0.15, 0.2) is 0 Å². The van der Waals surface area contributed by atoms with E-state index in [4.69, 9.17) is 18.0 Å². The van der Waals surface area contributed by atoms with Crippen molar-refractivity contribution >= 4 is 22.9 Å². The molecule has 0 radical (unpaired) electrons. The summed E-state index contributed by atoms with van der Waals surface area (Å²) >= 11 is 5.13. The van der Waals surface area contributed by atoms with Crippen LogP contribution >= 0.6 is 12.2 Å². The molecule has 2 nitrogen and oxygen atoms in total. The molecule has 1 rings (SSSR count). The Morgan fingerprint density at radius 1 is 1.31 bits per heavy atom. The number of para-hydroxylation sites is 1. The lowest BCUT2D eigenvalue weighted by Gasteiger charge is -2.06. The number of hydrogen-bond donors (Lipinski definition) is 2. The Balaban J connectivity index is 2.37. The van der Waals surface area contributed by atoms with Crippen LogP contribution in [0.2, 0.25) is 0 Å². The quantitative estimate of drug-likeness (QED) is 0.721. The maximum Gasteiger partial charge on any atom is 0.0797 e. The number of anilines is 1. The lowest BCUT2D eigenvalue weighted by Crippen LogP contribution is -2.11. The minimum absolute atomic E-state index is 0.691. The molecule has 0 fully saturated rings. The summed E-state index contributed by atoms with van der Waals surface area (Å²) in [6, 6.07) is 9.93. The molecule has 0 aliphatic heterocycles. The third-order valence-electron chi connectivity index (χ3n) is 1.67. The predicted molar refractivity (Wildman–Crippen MR) is 61.0 cm³/mol. The number of thiocarbonyl (C=S) groups is 1. The summed E-state index contributed by atoms with van der Waals surface area (Å²) in [5.74, 6) is 0. The Morgan fingerprint density at radius 3 is 2.62 bits per heavy atom. The monoisotopic (exact) mass is 194 g/mol. The molecule has 0 amide bonds. The van der Waals surface area contributed by atoms with Gasteiger partial charge in [0.25, 0.3) is 0 Å². The van der Waals surface area contributed by atoms with Gasteiger partial charge in [0.05, 0.1) is 4.99 Å². The molecule has 0 saturated carbocycles. The van der Waals surface area contributed by atoms with Gasteiger partial charge in [0, 0.05) is 5.69 Å². The average Bonchev–Trinajstić information content (AvgIpc) is 2.16. The second-order valence-corrected chi connectivity index (χ2v) is 3.30. The summed E-state index contributed by atoms with van der Waals surface area (Å²) in [5.41, 5.74) is 6.43. The number of rotatable bonds is 4. The van der Waals surface area contributed by atoms with Crippen molar-refractivity contribution in [2.24, 2.45) is 5.73 Å². The van der Waals surface area contributed by atoms with Gasteiger partial charge in [-0.1, -0.05) is 30.4 Å². The topological polar surface area (TPSA) is 38.0 Å². The van der Waals surface area contributed by atoms with E-state index in [9.17, 15) is 0 Å². The Bertz CT molecular complexity index is 259. The molecule has 0 aliphatic carbocycles. The number of benzene rings is 1. The summed E-state index contributed by atoms with van der Waals surface area (Å²) in [6.45, 7) is 0.691. The van der Waals surface area contributed by atoms with E-state index in [0.29, 0.717) is 6.54 Å². The maximum atomic E-state index is 5.38. The van der Waals surface area contributed by atoms with Crippen molar-refractivity contribution in [1.82, 2.24) is 0 Å². The Morgan fingerprint density at radius 2 is 2.00 bits per heavy atom. The standard InChI is InChI=1S/C10H14N2S/c11-8-4-7-10(13)12-9-5-2-1-3-6-9/h1-3,5-6H,4,7-8,11H2,(H,12,13). The fourth-order valence-electron chi connectivity index (χ4n) is 1.01. The molecular formula is C10H14N2S. The normalized spacial score (nSPS) is 9.62. The van der Waals surface area contributed by atoms with E-state index >= 15 is 0 Å². The van der Waals surface area contributed by atoms with E-state index in [-0.39, 0.29) is 0 Å². The molecule has 0 spiro atoms. The molecule has 1 aromatic carbocycles. The van der Waals surface area contributed by atoms with E-state index in [1.54, 1.807) is 0 Å². The largest absolute Gasteiger partial charge is 0.350 e. The highest BCUT2D eigenvalue weighted by molar-refractivity contribution is 7.80.